The first-order valence-electron chi connectivity index (χ1n) is 13.3. The number of piperidine rings is 1. The molecule has 39 heavy (non-hydrogen) atoms. The molecule has 2 aliphatic rings. The van der Waals surface area contributed by atoms with E-state index in [0.29, 0.717) is 24.5 Å². The maximum atomic E-state index is 14.7. The van der Waals surface area contributed by atoms with Crippen LogP contribution in [0.4, 0.5) is 27.7 Å². The summed E-state index contributed by atoms with van der Waals surface area (Å²) in [5.41, 5.74) is 2.58. The van der Waals surface area contributed by atoms with Crippen molar-refractivity contribution in [2.45, 2.75) is 57.7 Å². The Balaban J connectivity index is 1.31. The number of ether oxygens (including phenoxy) is 1. The SMILES string of the molecule is CC1(C)CC(Nc2nc(Nc3ccc(-c4ccc(N5CCOCC5)nc4)c(C#N)c3)ncc2F)CC(C)(C)N1. The Labute approximate surface area is 228 Å². The van der Waals surface area contributed by atoms with E-state index in [0.717, 1.165) is 49.1 Å². The fourth-order valence-corrected chi connectivity index (χ4v) is 5.77. The molecule has 204 valence electrons. The zero-order valence-electron chi connectivity index (χ0n) is 22.9. The van der Waals surface area contributed by atoms with Gasteiger partial charge in [0.05, 0.1) is 31.0 Å². The van der Waals surface area contributed by atoms with Gasteiger partial charge in [-0.2, -0.15) is 10.2 Å². The zero-order valence-corrected chi connectivity index (χ0v) is 22.9. The van der Waals surface area contributed by atoms with Crippen molar-refractivity contribution >= 4 is 23.3 Å². The summed E-state index contributed by atoms with van der Waals surface area (Å²) in [7, 11) is 0. The normalized spacial score (nSPS) is 18.8. The van der Waals surface area contributed by atoms with Gasteiger partial charge >= 0.3 is 0 Å². The standard InChI is InChI=1S/C29H35FN8O/c1-28(2)14-22(15-29(3,4)37-28)34-26-24(30)18-33-27(36-26)35-21-6-7-23(20(13-21)16-31)19-5-8-25(32-17-19)38-9-11-39-12-10-38/h5-8,13,17-18,22,37H,9-12,14-15H2,1-4H3,(H2,33,34,35,36). The van der Waals surface area contributed by atoms with Gasteiger partial charge < -0.3 is 25.6 Å². The van der Waals surface area contributed by atoms with Crippen molar-refractivity contribution < 1.29 is 9.13 Å². The second kappa shape index (κ2) is 10.8. The van der Waals surface area contributed by atoms with Crippen molar-refractivity contribution in [2.24, 2.45) is 0 Å². The molecular weight excluding hydrogens is 495 g/mol. The highest BCUT2D eigenvalue weighted by molar-refractivity contribution is 5.74. The highest BCUT2D eigenvalue weighted by Crippen LogP contribution is 2.31. The molecule has 2 aromatic heterocycles. The fraction of sp³-hybridized carbons (Fsp3) is 0.448. The summed E-state index contributed by atoms with van der Waals surface area (Å²) >= 11 is 0. The average molecular weight is 531 g/mol. The van der Waals surface area contributed by atoms with Crippen LogP contribution in [0.1, 0.15) is 46.1 Å². The molecule has 1 aromatic carbocycles. The quantitative estimate of drug-likeness (QED) is 0.412. The fourth-order valence-electron chi connectivity index (χ4n) is 5.77. The third kappa shape index (κ3) is 6.44. The molecule has 0 bridgehead atoms. The predicted molar refractivity (Wildman–Crippen MR) is 151 cm³/mol. The van der Waals surface area contributed by atoms with Crippen LogP contribution >= 0.6 is 0 Å². The number of hydrogen-bond donors (Lipinski definition) is 3. The summed E-state index contributed by atoms with van der Waals surface area (Å²) in [4.78, 5) is 15.3. The zero-order chi connectivity index (χ0) is 27.6. The van der Waals surface area contributed by atoms with E-state index < -0.39 is 5.82 Å². The third-order valence-electron chi connectivity index (χ3n) is 7.07. The van der Waals surface area contributed by atoms with Crippen molar-refractivity contribution in [1.82, 2.24) is 20.3 Å². The molecule has 0 spiro atoms. The first-order valence-corrected chi connectivity index (χ1v) is 13.3. The van der Waals surface area contributed by atoms with Crippen LogP contribution in [0.3, 0.4) is 0 Å². The lowest BCUT2D eigenvalue weighted by Crippen LogP contribution is -2.60. The number of nitrogens with one attached hydrogen (secondary N) is 3. The lowest BCUT2D eigenvalue weighted by atomic mass is 9.79. The first-order chi connectivity index (χ1) is 18.6. The molecule has 0 radical (unpaired) electrons. The minimum Gasteiger partial charge on any atom is -0.378 e. The number of pyridine rings is 1. The number of morpholine rings is 1. The van der Waals surface area contributed by atoms with Gasteiger partial charge in [0.25, 0.3) is 0 Å². The second-order valence-corrected chi connectivity index (χ2v) is 11.5. The number of aromatic nitrogens is 3. The van der Waals surface area contributed by atoms with Crippen LogP contribution in [0.5, 0.6) is 0 Å². The number of anilines is 4. The molecule has 2 fully saturated rings. The lowest BCUT2D eigenvalue weighted by molar-refractivity contribution is 0.122. The van der Waals surface area contributed by atoms with E-state index in [1.807, 2.05) is 24.3 Å². The molecule has 0 saturated carbocycles. The van der Waals surface area contributed by atoms with Crippen molar-refractivity contribution in [3.8, 4) is 17.2 Å². The van der Waals surface area contributed by atoms with Gasteiger partial charge in [0.15, 0.2) is 11.6 Å². The van der Waals surface area contributed by atoms with Crippen molar-refractivity contribution in [3.05, 3.63) is 54.1 Å². The molecule has 3 aromatic rings. The van der Waals surface area contributed by atoms with Crippen LogP contribution in [0.2, 0.25) is 0 Å². The molecule has 0 unspecified atom stereocenters. The number of halogens is 1. The van der Waals surface area contributed by atoms with Crippen molar-refractivity contribution in [1.29, 1.82) is 5.26 Å². The lowest BCUT2D eigenvalue weighted by Gasteiger charge is -2.46. The van der Waals surface area contributed by atoms with Crippen LogP contribution in [0, 0.1) is 17.1 Å². The van der Waals surface area contributed by atoms with Gasteiger partial charge in [-0.3, -0.25) is 0 Å². The van der Waals surface area contributed by atoms with Gasteiger partial charge in [-0.05, 0) is 64.8 Å². The van der Waals surface area contributed by atoms with Crippen LogP contribution in [0.25, 0.3) is 11.1 Å². The van der Waals surface area contributed by atoms with Crippen molar-refractivity contribution in [2.75, 3.05) is 41.8 Å². The molecule has 4 heterocycles. The van der Waals surface area contributed by atoms with Gasteiger partial charge in [0, 0.05) is 53.2 Å². The Morgan fingerprint density at radius 2 is 1.79 bits per heavy atom. The predicted octanol–water partition coefficient (Wildman–Crippen LogP) is 4.85. The Morgan fingerprint density at radius 1 is 1.05 bits per heavy atom. The number of benzene rings is 1. The van der Waals surface area contributed by atoms with E-state index in [1.165, 1.54) is 0 Å². The Hall–Kier alpha value is -3.81. The average Bonchev–Trinajstić information content (AvgIpc) is 2.89. The summed E-state index contributed by atoms with van der Waals surface area (Å²) in [6.07, 6.45) is 4.62. The van der Waals surface area contributed by atoms with Gasteiger partial charge in [0.2, 0.25) is 5.95 Å². The molecule has 2 aliphatic heterocycles. The van der Waals surface area contributed by atoms with Crippen LogP contribution in [-0.2, 0) is 4.74 Å². The largest absolute Gasteiger partial charge is 0.378 e. The molecule has 2 saturated heterocycles. The molecule has 0 aliphatic carbocycles. The number of nitrogens with zero attached hydrogens (tertiary/aromatic N) is 5. The van der Waals surface area contributed by atoms with Gasteiger partial charge in [-0.15, -0.1) is 0 Å². The molecule has 5 rings (SSSR count). The smallest absolute Gasteiger partial charge is 0.229 e. The first kappa shape index (κ1) is 26.8. The summed E-state index contributed by atoms with van der Waals surface area (Å²) in [6.45, 7) is 11.6. The topological polar surface area (TPSA) is 111 Å². The molecule has 0 atom stereocenters. The van der Waals surface area contributed by atoms with E-state index in [4.69, 9.17) is 4.74 Å². The molecular formula is C29H35FN8O. The number of rotatable bonds is 6. The maximum absolute atomic E-state index is 14.7. The maximum Gasteiger partial charge on any atom is 0.229 e. The highest BCUT2D eigenvalue weighted by atomic mass is 19.1. The minimum atomic E-state index is -0.504. The third-order valence-corrected chi connectivity index (χ3v) is 7.07. The highest BCUT2D eigenvalue weighted by Gasteiger charge is 2.38. The summed E-state index contributed by atoms with van der Waals surface area (Å²) in [6, 6.07) is 11.7. The molecule has 9 nitrogen and oxygen atoms in total. The van der Waals surface area contributed by atoms with Gasteiger partial charge in [-0.1, -0.05) is 6.07 Å². The summed E-state index contributed by atoms with van der Waals surface area (Å²) < 4.78 is 20.1. The Kier molecular flexibility index (Phi) is 7.38. The van der Waals surface area contributed by atoms with Gasteiger partial charge in [0.1, 0.15) is 5.82 Å². The molecule has 10 heteroatoms. The van der Waals surface area contributed by atoms with E-state index in [-0.39, 0.29) is 28.9 Å². The monoisotopic (exact) mass is 530 g/mol. The van der Waals surface area contributed by atoms with Crippen LogP contribution in [-0.4, -0.2) is 58.4 Å². The van der Waals surface area contributed by atoms with Gasteiger partial charge in [-0.25, -0.2) is 14.4 Å². The summed E-state index contributed by atoms with van der Waals surface area (Å²) in [5.74, 6) is 0.804. The number of nitriles is 1. The molecule has 0 amide bonds. The summed E-state index contributed by atoms with van der Waals surface area (Å²) in [5, 5.41) is 19.9. The second-order valence-electron chi connectivity index (χ2n) is 11.5. The van der Waals surface area contributed by atoms with Crippen molar-refractivity contribution in [3.63, 3.8) is 0 Å². The van der Waals surface area contributed by atoms with Crippen LogP contribution < -0.4 is 20.9 Å². The van der Waals surface area contributed by atoms with E-state index in [9.17, 15) is 9.65 Å². The van der Waals surface area contributed by atoms with Crippen LogP contribution in [0.15, 0.2) is 42.7 Å². The molecule has 3 N–H and O–H groups in total. The van der Waals surface area contributed by atoms with E-state index >= 15 is 0 Å². The Bertz CT molecular complexity index is 1350. The van der Waals surface area contributed by atoms with E-state index in [2.05, 4.69) is 69.6 Å². The Morgan fingerprint density at radius 3 is 2.46 bits per heavy atom. The number of hydrogen-bond acceptors (Lipinski definition) is 9. The minimum absolute atomic E-state index is 0.0567. The van der Waals surface area contributed by atoms with E-state index in [1.54, 1.807) is 12.3 Å².